The van der Waals surface area contributed by atoms with E-state index in [1.165, 1.54) is 0 Å². The van der Waals surface area contributed by atoms with E-state index in [4.69, 9.17) is 5.73 Å². The molecule has 0 aliphatic rings. The van der Waals surface area contributed by atoms with Gasteiger partial charge in [0.15, 0.2) is 0 Å². The Balaban J connectivity index is 2.85. The van der Waals surface area contributed by atoms with E-state index < -0.39 is 0 Å². The molecule has 3 heteroatoms. The molecule has 0 fully saturated rings. The molecule has 10 heavy (non-hydrogen) atoms. The van der Waals surface area contributed by atoms with E-state index in [-0.39, 0.29) is 5.54 Å². The molecule has 1 heterocycles. The number of rotatable bonds is 2. The van der Waals surface area contributed by atoms with Crippen LogP contribution in [-0.4, -0.2) is 10.2 Å². The number of nitrogens with two attached hydrogens (primary N) is 1. The number of nitrogens with one attached hydrogen (secondary N) is 1. The van der Waals surface area contributed by atoms with Gasteiger partial charge in [-0.15, -0.1) is 0 Å². The number of aromatic nitrogens is 2. The molecule has 0 spiro atoms. The Hall–Kier alpha value is -0.830. The maximum Gasteiger partial charge on any atom is 0.0547 e. The van der Waals surface area contributed by atoms with Crippen molar-refractivity contribution in [1.29, 1.82) is 0 Å². The maximum atomic E-state index is 5.91. The second-order valence-electron chi connectivity index (χ2n) is 2.74. The van der Waals surface area contributed by atoms with E-state index in [2.05, 4.69) is 17.1 Å². The summed E-state index contributed by atoms with van der Waals surface area (Å²) in [6.45, 7) is 4.04. The van der Waals surface area contributed by atoms with Crippen LogP contribution in [0.3, 0.4) is 0 Å². The highest BCUT2D eigenvalue weighted by molar-refractivity contribution is 5.09. The molecule has 1 aromatic heterocycles. The minimum atomic E-state index is -0.253. The lowest BCUT2D eigenvalue weighted by Gasteiger charge is -2.19. The standard InChI is InChI=1S/C7H13N3/c1-3-7(2,8)6-4-5-9-10-6/h4-5H,3,8H2,1-2H3,(H,9,10). The molecule has 0 radical (unpaired) electrons. The second kappa shape index (κ2) is 2.42. The Morgan fingerprint density at radius 1 is 1.80 bits per heavy atom. The fraction of sp³-hybridized carbons (Fsp3) is 0.571. The first-order valence-electron chi connectivity index (χ1n) is 3.45. The highest BCUT2D eigenvalue weighted by atomic mass is 15.1. The third-order valence-corrected chi connectivity index (χ3v) is 1.85. The van der Waals surface area contributed by atoms with Gasteiger partial charge in [-0.3, -0.25) is 5.10 Å². The van der Waals surface area contributed by atoms with E-state index in [0.29, 0.717) is 0 Å². The smallest absolute Gasteiger partial charge is 0.0547 e. The molecule has 1 atom stereocenters. The summed E-state index contributed by atoms with van der Waals surface area (Å²) in [5.74, 6) is 0. The van der Waals surface area contributed by atoms with Gasteiger partial charge in [0, 0.05) is 6.20 Å². The van der Waals surface area contributed by atoms with Crippen LogP contribution in [0.2, 0.25) is 0 Å². The van der Waals surface area contributed by atoms with Crippen molar-refractivity contribution < 1.29 is 0 Å². The molecule has 0 bridgehead atoms. The molecular weight excluding hydrogens is 126 g/mol. The number of H-pyrrole nitrogens is 1. The van der Waals surface area contributed by atoms with Gasteiger partial charge in [-0.2, -0.15) is 5.10 Å². The predicted molar refractivity (Wildman–Crippen MR) is 40.4 cm³/mol. The summed E-state index contributed by atoms with van der Waals surface area (Å²) >= 11 is 0. The summed E-state index contributed by atoms with van der Waals surface area (Å²) in [7, 11) is 0. The van der Waals surface area contributed by atoms with Crippen LogP contribution in [0.4, 0.5) is 0 Å². The van der Waals surface area contributed by atoms with Crippen LogP contribution in [0.25, 0.3) is 0 Å². The molecule has 0 aliphatic heterocycles. The normalized spacial score (nSPS) is 16.7. The van der Waals surface area contributed by atoms with E-state index in [1.807, 2.05) is 13.0 Å². The number of hydrogen-bond acceptors (Lipinski definition) is 2. The highest BCUT2D eigenvalue weighted by Crippen LogP contribution is 2.17. The summed E-state index contributed by atoms with van der Waals surface area (Å²) in [5.41, 5.74) is 6.65. The molecule has 0 aromatic carbocycles. The summed E-state index contributed by atoms with van der Waals surface area (Å²) in [6, 6.07) is 1.91. The van der Waals surface area contributed by atoms with Gasteiger partial charge in [0.25, 0.3) is 0 Å². The van der Waals surface area contributed by atoms with Crippen LogP contribution in [0.15, 0.2) is 12.3 Å². The number of hydrogen-bond donors (Lipinski definition) is 2. The van der Waals surface area contributed by atoms with Gasteiger partial charge >= 0.3 is 0 Å². The largest absolute Gasteiger partial charge is 0.320 e. The van der Waals surface area contributed by atoms with E-state index in [9.17, 15) is 0 Å². The quantitative estimate of drug-likeness (QED) is 0.642. The first-order chi connectivity index (χ1) is 4.67. The molecule has 0 saturated carbocycles. The lowest BCUT2D eigenvalue weighted by Crippen LogP contribution is -2.32. The molecular formula is C7H13N3. The van der Waals surface area contributed by atoms with Crippen molar-refractivity contribution >= 4 is 0 Å². The maximum absolute atomic E-state index is 5.91. The zero-order valence-electron chi connectivity index (χ0n) is 6.39. The summed E-state index contributed by atoms with van der Waals surface area (Å²) in [5, 5.41) is 6.68. The molecule has 1 unspecified atom stereocenters. The molecule has 0 amide bonds. The van der Waals surface area contributed by atoms with Crippen molar-refractivity contribution in [3.8, 4) is 0 Å². The van der Waals surface area contributed by atoms with Gasteiger partial charge < -0.3 is 5.73 Å². The van der Waals surface area contributed by atoms with Crippen molar-refractivity contribution in [2.45, 2.75) is 25.8 Å². The topological polar surface area (TPSA) is 54.7 Å². The highest BCUT2D eigenvalue weighted by Gasteiger charge is 2.19. The summed E-state index contributed by atoms with van der Waals surface area (Å²) in [6.07, 6.45) is 2.63. The lowest BCUT2D eigenvalue weighted by molar-refractivity contribution is 0.461. The minimum absolute atomic E-state index is 0.253. The molecule has 1 aromatic rings. The van der Waals surface area contributed by atoms with Gasteiger partial charge in [0.2, 0.25) is 0 Å². The van der Waals surface area contributed by atoms with Crippen molar-refractivity contribution in [2.24, 2.45) is 5.73 Å². The van der Waals surface area contributed by atoms with Gasteiger partial charge in [-0.05, 0) is 19.4 Å². The van der Waals surface area contributed by atoms with Gasteiger partial charge in [0.1, 0.15) is 0 Å². The van der Waals surface area contributed by atoms with Gasteiger partial charge in [-0.1, -0.05) is 6.92 Å². The fourth-order valence-corrected chi connectivity index (χ4v) is 0.764. The predicted octanol–water partition coefficient (Wildman–Crippen LogP) is 0.994. The first kappa shape index (κ1) is 7.28. The monoisotopic (exact) mass is 139 g/mol. The second-order valence-corrected chi connectivity index (χ2v) is 2.74. The fourth-order valence-electron chi connectivity index (χ4n) is 0.764. The van der Waals surface area contributed by atoms with E-state index in [0.717, 1.165) is 12.1 Å². The molecule has 0 saturated heterocycles. The van der Waals surface area contributed by atoms with Crippen LogP contribution in [0.5, 0.6) is 0 Å². The summed E-state index contributed by atoms with van der Waals surface area (Å²) < 4.78 is 0. The third kappa shape index (κ3) is 1.19. The zero-order valence-corrected chi connectivity index (χ0v) is 6.39. The van der Waals surface area contributed by atoms with Crippen LogP contribution < -0.4 is 5.73 Å². The minimum Gasteiger partial charge on any atom is -0.320 e. The molecule has 3 N–H and O–H groups in total. The van der Waals surface area contributed by atoms with Crippen molar-refractivity contribution in [3.05, 3.63) is 18.0 Å². The lowest BCUT2D eigenvalue weighted by atomic mass is 9.97. The van der Waals surface area contributed by atoms with Gasteiger partial charge in [0.05, 0.1) is 11.2 Å². The molecule has 56 valence electrons. The van der Waals surface area contributed by atoms with Crippen molar-refractivity contribution in [1.82, 2.24) is 10.2 Å². The Morgan fingerprint density at radius 3 is 2.90 bits per heavy atom. The Morgan fingerprint density at radius 2 is 2.50 bits per heavy atom. The third-order valence-electron chi connectivity index (χ3n) is 1.85. The molecule has 1 rings (SSSR count). The van der Waals surface area contributed by atoms with Crippen LogP contribution in [0.1, 0.15) is 26.0 Å². The van der Waals surface area contributed by atoms with Crippen LogP contribution in [0, 0.1) is 0 Å². The SMILES string of the molecule is CCC(C)(N)c1ccn[nH]1. The molecule has 0 aliphatic carbocycles. The molecule has 3 nitrogen and oxygen atoms in total. The number of nitrogens with zero attached hydrogens (tertiary/aromatic N) is 1. The van der Waals surface area contributed by atoms with Crippen molar-refractivity contribution in [3.63, 3.8) is 0 Å². The Bertz CT molecular complexity index is 189. The number of aromatic amines is 1. The first-order valence-corrected chi connectivity index (χ1v) is 3.45. The average molecular weight is 139 g/mol. The van der Waals surface area contributed by atoms with Crippen LogP contribution >= 0.6 is 0 Å². The van der Waals surface area contributed by atoms with E-state index in [1.54, 1.807) is 6.20 Å². The average Bonchev–Trinajstić information content (AvgIpc) is 2.38. The Kier molecular flexibility index (Phi) is 1.76. The van der Waals surface area contributed by atoms with Crippen LogP contribution in [-0.2, 0) is 5.54 Å². The zero-order chi connectivity index (χ0) is 7.61. The van der Waals surface area contributed by atoms with Gasteiger partial charge in [-0.25, -0.2) is 0 Å². The summed E-state index contributed by atoms with van der Waals surface area (Å²) in [4.78, 5) is 0. The van der Waals surface area contributed by atoms with E-state index >= 15 is 0 Å². The van der Waals surface area contributed by atoms with Crippen molar-refractivity contribution in [2.75, 3.05) is 0 Å². The Labute approximate surface area is 60.6 Å².